The van der Waals surface area contributed by atoms with Gasteiger partial charge in [0, 0.05) is 4.88 Å². The molecule has 0 radical (unpaired) electrons. The Bertz CT molecular complexity index is 617. The molecule has 1 aromatic heterocycles. The Morgan fingerprint density at radius 2 is 2.30 bits per heavy atom. The van der Waals surface area contributed by atoms with Gasteiger partial charge in [-0.2, -0.15) is 5.26 Å². The van der Waals surface area contributed by atoms with Crippen LogP contribution in [0, 0.1) is 11.3 Å². The highest BCUT2D eigenvalue weighted by Crippen LogP contribution is 2.14. The van der Waals surface area contributed by atoms with Gasteiger partial charge in [-0.25, -0.2) is 0 Å². The van der Waals surface area contributed by atoms with Crippen LogP contribution in [0.15, 0.2) is 41.8 Å². The smallest absolute Gasteiger partial charge is 0.261 e. The van der Waals surface area contributed by atoms with E-state index in [1.165, 1.54) is 0 Å². The van der Waals surface area contributed by atoms with E-state index in [0.717, 1.165) is 4.88 Å². The molecule has 0 fully saturated rings. The van der Waals surface area contributed by atoms with E-state index in [0.29, 0.717) is 17.9 Å². The first-order valence-electron chi connectivity index (χ1n) is 6.16. The lowest BCUT2D eigenvalue weighted by Crippen LogP contribution is -2.35. The van der Waals surface area contributed by atoms with E-state index in [4.69, 9.17) is 10.00 Å². The van der Waals surface area contributed by atoms with E-state index in [2.05, 4.69) is 5.32 Å². The number of hydrogen-bond donors (Lipinski definition) is 1. The summed E-state index contributed by atoms with van der Waals surface area (Å²) in [6.45, 7) is 2.19. The second-order valence-corrected chi connectivity index (χ2v) is 5.23. The first-order chi connectivity index (χ1) is 9.69. The number of nitriles is 1. The number of carbonyl (C=O) groups is 1. The molecule has 0 saturated heterocycles. The third-order valence-electron chi connectivity index (χ3n) is 2.66. The molecule has 4 nitrogen and oxygen atoms in total. The third-order valence-corrected chi connectivity index (χ3v) is 3.54. The van der Waals surface area contributed by atoms with Crippen molar-refractivity contribution < 1.29 is 9.53 Å². The number of thiophene rings is 1. The first kappa shape index (κ1) is 14.1. The molecule has 0 aliphatic carbocycles. The molecule has 0 aliphatic rings. The summed E-state index contributed by atoms with van der Waals surface area (Å²) in [6.07, 6.45) is -0.607. The van der Waals surface area contributed by atoms with Gasteiger partial charge in [0.05, 0.1) is 18.2 Å². The van der Waals surface area contributed by atoms with Crippen molar-refractivity contribution in [2.45, 2.75) is 19.6 Å². The van der Waals surface area contributed by atoms with Gasteiger partial charge < -0.3 is 10.1 Å². The lowest BCUT2D eigenvalue weighted by atomic mass is 10.2. The normalized spacial score (nSPS) is 11.4. The van der Waals surface area contributed by atoms with Gasteiger partial charge in [0.1, 0.15) is 5.75 Å². The number of hydrogen-bond acceptors (Lipinski definition) is 4. The molecule has 1 heterocycles. The van der Waals surface area contributed by atoms with Crippen LogP contribution in [0.4, 0.5) is 0 Å². The maximum absolute atomic E-state index is 11.9. The second-order valence-electron chi connectivity index (χ2n) is 4.20. The average molecular weight is 286 g/mol. The van der Waals surface area contributed by atoms with Crippen LogP contribution in [-0.2, 0) is 11.3 Å². The molecule has 1 unspecified atom stereocenters. The summed E-state index contributed by atoms with van der Waals surface area (Å²) in [5.74, 6) is 0.337. The number of rotatable bonds is 5. The Labute approximate surface area is 121 Å². The van der Waals surface area contributed by atoms with E-state index < -0.39 is 6.10 Å². The van der Waals surface area contributed by atoms with Crippen molar-refractivity contribution in [2.24, 2.45) is 0 Å². The minimum atomic E-state index is -0.607. The molecule has 2 rings (SSSR count). The van der Waals surface area contributed by atoms with Gasteiger partial charge in [0.2, 0.25) is 0 Å². The van der Waals surface area contributed by atoms with Crippen molar-refractivity contribution in [3.63, 3.8) is 0 Å². The van der Waals surface area contributed by atoms with Crippen molar-refractivity contribution >= 4 is 17.2 Å². The minimum absolute atomic E-state index is 0.180. The summed E-state index contributed by atoms with van der Waals surface area (Å²) in [5.41, 5.74) is 0.508. The van der Waals surface area contributed by atoms with Gasteiger partial charge in [0.15, 0.2) is 6.10 Å². The van der Waals surface area contributed by atoms with Crippen LogP contribution in [0.1, 0.15) is 17.4 Å². The highest BCUT2D eigenvalue weighted by molar-refractivity contribution is 7.09. The summed E-state index contributed by atoms with van der Waals surface area (Å²) in [6, 6.07) is 12.7. The van der Waals surface area contributed by atoms with Crippen LogP contribution in [0.3, 0.4) is 0 Å². The van der Waals surface area contributed by atoms with Crippen molar-refractivity contribution in [1.82, 2.24) is 5.32 Å². The topological polar surface area (TPSA) is 62.1 Å². The summed E-state index contributed by atoms with van der Waals surface area (Å²) < 4.78 is 5.53. The molecule has 1 N–H and O–H groups in total. The molecule has 0 spiro atoms. The van der Waals surface area contributed by atoms with Gasteiger partial charge >= 0.3 is 0 Å². The monoisotopic (exact) mass is 286 g/mol. The minimum Gasteiger partial charge on any atom is -0.481 e. The molecule has 0 bridgehead atoms. The van der Waals surface area contributed by atoms with Gasteiger partial charge in [-0.1, -0.05) is 12.1 Å². The van der Waals surface area contributed by atoms with Gasteiger partial charge in [0.25, 0.3) is 5.91 Å². The Kier molecular flexibility index (Phi) is 4.75. The average Bonchev–Trinajstić information content (AvgIpc) is 2.98. The standard InChI is InChI=1S/C15H14N2O2S/c1-11(15(18)17-10-14-6-3-7-20-14)19-13-5-2-4-12(8-13)9-16/h2-8,11H,10H2,1H3,(H,17,18). The first-order valence-corrected chi connectivity index (χ1v) is 7.04. The van der Waals surface area contributed by atoms with Crippen LogP contribution in [0.5, 0.6) is 5.75 Å². The zero-order valence-electron chi connectivity index (χ0n) is 11.0. The van der Waals surface area contributed by atoms with Crippen LogP contribution in [-0.4, -0.2) is 12.0 Å². The number of carbonyl (C=O) groups excluding carboxylic acids is 1. The maximum atomic E-state index is 11.9. The predicted octanol–water partition coefficient (Wildman–Crippen LogP) is 2.70. The molecule has 20 heavy (non-hydrogen) atoms. The SMILES string of the molecule is CC(Oc1cccc(C#N)c1)C(=O)NCc1cccs1. The fourth-order valence-electron chi connectivity index (χ4n) is 1.63. The number of amides is 1. The molecule has 2 aromatic rings. The number of nitrogens with zero attached hydrogens (tertiary/aromatic N) is 1. The van der Waals surface area contributed by atoms with Crippen LogP contribution >= 0.6 is 11.3 Å². The lowest BCUT2D eigenvalue weighted by Gasteiger charge is -2.14. The zero-order chi connectivity index (χ0) is 14.4. The summed E-state index contributed by atoms with van der Waals surface area (Å²) >= 11 is 1.59. The van der Waals surface area contributed by atoms with Crippen LogP contribution < -0.4 is 10.1 Å². The van der Waals surface area contributed by atoms with Crippen molar-refractivity contribution in [1.29, 1.82) is 5.26 Å². The van der Waals surface area contributed by atoms with Crippen molar-refractivity contribution in [3.8, 4) is 11.8 Å². The second kappa shape index (κ2) is 6.73. The van der Waals surface area contributed by atoms with E-state index in [1.54, 1.807) is 42.5 Å². The molecule has 1 amide bonds. The van der Waals surface area contributed by atoms with Crippen molar-refractivity contribution in [2.75, 3.05) is 0 Å². The zero-order valence-corrected chi connectivity index (χ0v) is 11.8. The number of benzene rings is 1. The number of nitrogens with one attached hydrogen (secondary N) is 1. The van der Waals surface area contributed by atoms with Crippen LogP contribution in [0.2, 0.25) is 0 Å². The van der Waals surface area contributed by atoms with E-state index in [1.807, 2.05) is 23.6 Å². The molecule has 0 saturated carbocycles. The fraction of sp³-hybridized carbons (Fsp3) is 0.200. The van der Waals surface area contributed by atoms with Gasteiger partial charge in [-0.15, -0.1) is 11.3 Å². The molecule has 1 aromatic carbocycles. The largest absolute Gasteiger partial charge is 0.481 e. The van der Waals surface area contributed by atoms with Crippen molar-refractivity contribution in [3.05, 3.63) is 52.2 Å². The number of ether oxygens (including phenoxy) is 1. The Balaban J connectivity index is 1.88. The summed E-state index contributed by atoms with van der Waals surface area (Å²) in [4.78, 5) is 13.0. The molecule has 102 valence electrons. The highest BCUT2D eigenvalue weighted by atomic mass is 32.1. The molecule has 5 heteroatoms. The maximum Gasteiger partial charge on any atom is 0.261 e. The molecule has 0 aliphatic heterocycles. The quantitative estimate of drug-likeness (QED) is 0.919. The van der Waals surface area contributed by atoms with Gasteiger partial charge in [-0.05, 0) is 36.6 Å². The molecular weight excluding hydrogens is 272 g/mol. The van der Waals surface area contributed by atoms with E-state index in [9.17, 15) is 4.79 Å². The fourth-order valence-corrected chi connectivity index (χ4v) is 2.27. The molecular formula is C15H14N2O2S. The van der Waals surface area contributed by atoms with Gasteiger partial charge in [-0.3, -0.25) is 4.79 Å². The third kappa shape index (κ3) is 3.84. The predicted molar refractivity (Wildman–Crippen MR) is 77.4 cm³/mol. The van der Waals surface area contributed by atoms with Crippen LogP contribution in [0.25, 0.3) is 0 Å². The Morgan fingerprint density at radius 1 is 1.45 bits per heavy atom. The molecule has 1 atom stereocenters. The van der Waals surface area contributed by atoms with E-state index >= 15 is 0 Å². The highest BCUT2D eigenvalue weighted by Gasteiger charge is 2.14. The Morgan fingerprint density at radius 3 is 3.00 bits per heavy atom. The summed E-state index contributed by atoms with van der Waals surface area (Å²) in [7, 11) is 0. The van der Waals surface area contributed by atoms with E-state index in [-0.39, 0.29) is 5.91 Å². The summed E-state index contributed by atoms with van der Waals surface area (Å²) in [5, 5.41) is 13.6. The Hall–Kier alpha value is -2.32. The lowest BCUT2D eigenvalue weighted by molar-refractivity contribution is -0.127.